The molecule has 1 atom stereocenters. The molecule has 3 nitrogen and oxygen atoms in total. The van der Waals surface area contributed by atoms with Gasteiger partial charge in [0, 0.05) is 18.7 Å². The summed E-state index contributed by atoms with van der Waals surface area (Å²) in [5.74, 6) is 1.66. The average molecular weight is 285 g/mol. The van der Waals surface area contributed by atoms with Crippen molar-refractivity contribution in [3.63, 3.8) is 0 Å². The standard InChI is InChI=1S/C15H24N2O.ClH/c1-12-5-6-15(18-2)14(8-12)11-17-7-3-4-13(9-16)10-17;/h5-6,8,13H,3-4,7,9-11,16H2,1-2H3;1H. The van der Waals surface area contributed by atoms with E-state index in [0.29, 0.717) is 5.92 Å². The zero-order valence-electron chi connectivity index (χ0n) is 11.9. The van der Waals surface area contributed by atoms with Crippen LogP contribution in [0.25, 0.3) is 0 Å². The van der Waals surface area contributed by atoms with Crippen LogP contribution in [0.15, 0.2) is 18.2 Å². The summed E-state index contributed by atoms with van der Waals surface area (Å²) in [6.45, 7) is 6.20. The van der Waals surface area contributed by atoms with Crippen LogP contribution in [0, 0.1) is 12.8 Å². The molecule has 2 rings (SSSR count). The number of likely N-dealkylation sites (tertiary alicyclic amines) is 1. The Balaban J connectivity index is 0.00000180. The molecular weight excluding hydrogens is 260 g/mol. The van der Waals surface area contributed by atoms with Crippen molar-refractivity contribution < 1.29 is 4.74 Å². The highest BCUT2D eigenvalue weighted by atomic mass is 35.5. The molecule has 0 bridgehead atoms. The second-order valence-electron chi connectivity index (χ2n) is 5.29. The van der Waals surface area contributed by atoms with Crippen molar-refractivity contribution >= 4 is 12.4 Å². The summed E-state index contributed by atoms with van der Waals surface area (Å²) in [6.07, 6.45) is 2.54. The fourth-order valence-electron chi connectivity index (χ4n) is 2.76. The molecule has 1 aliphatic rings. The molecule has 1 saturated heterocycles. The Bertz CT molecular complexity index is 398. The lowest BCUT2D eigenvalue weighted by Gasteiger charge is -2.32. The monoisotopic (exact) mass is 284 g/mol. The summed E-state index contributed by atoms with van der Waals surface area (Å²) in [7, 11) is 1.74. The fourth-order valence-corrected chi connectivity index (χ4v) is 2.76. The molecular formula is C15H25ClN2O. The fraction of sp³-hybridized carbons (Fsp3) is 0.600. The van der Waals surface area contributed by atoms with Crippen LogP contribution in [0.5, 0.6) is 5.75 Å². The molecule has 108 valence electrons. The number of methoxy groups -OCH3 is 1. The van der Waals surface area contributed by atoms with Crippen molar-refractivity contribution in [3.05, 3.63) is 29.3 Å². The first-order valence-electron chi connectivity index (χ1n) is 6.79. The van der Waals surface area contributed by atoms with Crippen LogP contribution in [-0.4, -0.2) is 31.6 Å². The Morgan fingerprint density at radius 1 is 1.42 bits per heavy atom. The van der Waals surface area contributed by atoms with Crippen LogP contribution in [0.3, 0.4) is 0 Å². The second-order valence-corrected chi connectivity index (χ2v) is 5.29. The number of piperidine rings is 1. The summed E-state index contributed by atoms with van der Waals surface area (Å²) in [4.78, 5) is 2.50. The molecule has 0 aromatic heterocycles. The van der Waals surface area contributed by atoms with Crippen LogP contribution in [0.2, 0.25) is 0 Å². The van der Waals surface area contributed by atoms with E-state index in [2.05, 4.69) is 30.0 Å². The van der Waals surface area contributed by atoms with E-state index in [1.807, 2.05) is 0 Å². The average Bonchev–Trinajstić information content (AvgIpc) is 2.39. The molecule has 1 fully saturated rings. The van der Waals surface area contributed by atoms with Crippen molar-refractivity contribution in [2.75, 3.05) is 26.7 Å². The first-order chi connectivity index (χ1) is 8.72. The van der Waals surface area contributed by atoms with E-state index in [-0.39, 0.29) is 12.4 Å². The summed E-state index contributed by atoms with van der Waals surface area (Å²) >= 11 is 0. The van der Waals surface area contributed by atoms with Gasteiger partial charge in [0.25, 0.3) is 0 Å². The molecule has 0 radical (unpaired) electrons. The van der Waals surface area contributed by atoms with Crippen LogP contribution < -0.4 is 10.5 Å². The van der Waals surface area contributed by atoms with Gasteiger partial charge in [-0.05, 0) is 44.8 Å². The van der Waals surface area contributed by atoms with Gasteiger partial charge in [-0.25, -0.2) is 0 Å². The van der Waals surface area contributed by atoms with Crippen LogP contribution in [0.4, 0.5) is 0 Å². The summed E-state index contributed by atoms with van der Waals surface area (Å²) in [6, 6.07) is 6.39. The Kier molecular flexibility index (Phi) is 6.63. The minimum Gasteiger partial charge on any atom is -0.496 e. The third-order valence-electron chi connectivity index (χ3n) is 3.77. The van der Waals surface area contributed by atoms with Gasteiger partial charge in [0.05, 0.1) is 7.11 Å². The number of halogens is 1. The lowest BCUT2D eigenvalue weighted by molar-refractivity contribution is 0.169. The predicted molar refractivity (Wildman–Crippen MR) is 82.0 cm³/mol. The van der Waals surface area contributed by atoms with Crippen molar-refractivity contribution in [2.24, 2.45) is 11.7 Å². The molecule has 1 aromatic rings. The normalized spacial score (nSPS) is 19.8. The van der Waals surface area contributed by atoms with Crippen LogP contribution in [-0.2, 0) is 6.54 Å². The maximum Gasteiger partial charge on any atom is 0.123 e. The molecule has 1 unspecified atom stereocenters. The SMILES string of the molecule is COc1ccc(C)cc1CN1CCCC(CN)C1.Cl. The van der Waals surface area contributed by atoms with E-state index < -0.39 is 0 Å². The Labute approximate surface area is 122 Å². The van der Waals surface area contributed by atoms with E-state index in [1.165, 1.54) is 30.5 Å². The zero-order chi connectivity index (χ0) is 13.0. The van der Waals surface area contributed by atoms with E-state index in [0.717, 1.165) is 25.4 Å². The van der Waals surface area contributed by atoms with Gasteiger partial charge in [0.15, 0.2) is 0 Å². The molecule has 0 saturated carbocycles. The molecule has 0 spiro atoms. The number of hydrogen-bond donors (Lipinski definition) is 1. The Morgan fingerprint density at radius 2 is 2.21 bits per heavy atom. The van der Waals surface area contributed by atoms with Gasteiger partial charge in [-0.2, -0.15) is 0 Å². The highest BCUT2D eigenvalue weighted by Crippen LogP contribution is 2.24. The maximum absolute atomic E-state index is 5.79. The van der Waals surface area contributed by atoms with E-state index in [9.17, 15) is 0 Å². The summed E-state index contributed by atoms with van der Waals surface area (Å²) in [5.41, 5.74) is 8.36. The van der Waals surface area contributed by atoms with Gasteiger partial charge in [-0.1, -0.05) is 17.7 Å². The number of ether oxygens (including phenoxy) is 1. The number of aryl methyl sites for hydroxylation is 1. The lowest BCUT2D eigenvalue weighted by Crippen LogP contribution is -2.37. The van der Waals surface area contributed by atoms with Gasteiger partial charge >= 0.3 is 0 Å². The van der Waals surface area contributed by atoms with Gasteiger partial charge in [0.2, 0.25) is 0 Å². The molecule has 1 aliphatic heterocycles. The smallest absolute Gasteiger partial charge is 0.123 e. The molecule has 0 amide bonds. The lowest BCUT2D eigenvalue weighted by atomic mass is 9.97. The second kappa shape index (κ2) is 7.73. The minimum atomic E-state index is 0. The van der Waals surface area contributed by atoms with Crippen molar-refractivity contribution in [2.45, 2.75) is 26.3 Å². The Hall–Kier alpha value is -0.770. The molecule has 1 heterocycles. The highest BCUT2D eigenvalue weighted by molar-refractivity contribution is 5.85. The number of benzene rings is 1. The number of hydrogen-bond acceptors (Lipinski definition) is 3. The molecule has 0 aliphatic carbocycles. The first kappa shape index (κ1) is 16.3. The zero-order valence-corrected chi connectivity index (χ0v) is 12.7. The highest BCUT2D eigenvalue weighted by Gasteiger charge is 2.19. The maximum atomic E-state index is 5.79. The molecule has 4 heteroatoms. The third-order valence-corrected chi connectivity index (χ3v) is 3.77. The minimum absolute atomic E-state index is 0. The van der Waals surface area contributed by atoms with Gasteiger partial charge in [-0.3, -0.25) is 4.90 Å². The van der Waals surface area contributed by atoms with Crippen LogP contribution >= 0.6 is 12.4 Å². The van der Waals surface area contributed by atoms with Crippen molar-refractivity contribution in [1.29, 1.82) is 0 Å². The van der Waals surface area contributed by atoms with Crippen LogP contribution in [0.1, 0.15) is 24.0 Å². The third kappa shape index (κ3) is 4.37. The van der Waals surface area contributed by atoms with E-state index in [1.54, 1.807) is 7.11 Å². The number of rotatable bonds is 4. The molecule has 2 N–H and O–H groups in total. The largest absolute Gasteiger partial charge is 0.496 e. The molecule has 1 aromatic carbocycles. The number of nitrogens with zero attached hydrogens (tertiary/aromatic N) is 1. The van der Waals surface area contributed by atoms with Crippen molar-refractivity contribution in [1.82, 2.24) is 4.90 Å². The first-order valence-corrected chi connectivity index (χ1v) is 6.79. The predicted octanol–water partition coefficient (Wildman–Crippen LogP) is 2.60. The van der Waals surface area contributed by atoms with E-state index >= 15 is 0 Å². The summed E-state index contributed by atoms with van der Waals surface area (Å²) in [5, 5.41) is 0. The topological polar surface area (TPSA) is 38.5 Å². The quantitative estimate of drug-likeness (QED) is 0.924. The van der Waals surface area contributed by atoms with Gasteiger partial charge in [0.1, 0.15) is 5.75 Å². The number of nitrogens with two attached hydrogens (primary N) is 1. The van der Waals surface area contributed by atoms with E-state index in [4.69, 9.17) is 10.5 Å². The van der Waals surface area contributed by atoms with Gasteiger partial charge in [-0.15, -0.1) is 12.4 Å². The summed E-state index contributed by atoms with van der Waals surface area (Å²) < 4.78 is 5.44. The Morgan fingerprint density at radius 3 is 2.89 bits per heavy atom. The van der Waals surface area contributed by atoms with Crippen molar-refractivity contribution in [3.8, 4) is 5.75 Å². The molecule has 19 heavy (non-hydrogen) atoms. The van der Waals surface area contributed by atoms with Gasteiger partial charge < -0.3 is 10.5 Å².